The highest BCUT2D eigenvalue weighted by atomic mass is 16.6. The minimum atomic E-state index is -0.472. The third-order valence-corrected chi connectivity index (χ3v) is 6.40. The maximum atomic E-state index is 11.1. The van der Waals surface area contributed by atoms with Crippen LogP contribution in [0.4, 0.5) is 5.69 Å². The maximum absolute atomic E-state index is 11.1. The smallest absolute Gasteiger partial charge is 0.310 e. The van der Waals surface area contributed by atoms with E-state index in [9.17, 15) is 15.2 Å². The molecule has 0 radical (unpaired) electrons. The average molecular weight is 302 g/mol. The highest BCUT2D eigenvalue weighted by molar-refractivity contribution is 5.55. The van der Waals surface area contributed by atoms with Gasteiger partial charge in [-0.15, -0.1) is 0 Å². The highest BCUT2D eigenvalue weighted by Gasteiger charge is 2.53. The van der Waals surface area contributed by atoms with Crippen LogP contribution in [0.2, 0.25) is 0 Å². The molecule has 1 aromatic rings. The first-order valence-electron chi connectivity index (χ1n) is 8.24. The molecule has 2 fully saturated rings. The lowest BCUT2D eigenvalue weighted by atomic mass is 9.52. The second kappa shape index (κ2) is 4.69. The molecule has 2 bridgehead atoms. The Morgan fingerprint density at radius 3 is 2.95 bits per heavy atom. The first kappa shape index (κ1) is 14.0. The fourth-order valence-corrected chi connectivity index (χ4v) is 5.38. The third-order valence-electron chi connectivity index (χ3n) is 6.40. The van der Waals surface area contributed by atoms with Crippen LogP contribution in [-0.2, 0) is 11.8 Å². The average Bonchev–Trinajstić information content (AvgIpc) is 2.51. The molecule has 5 heteroatoms. The Kier molecular flexibility index (Phi) is 2.98. The van der Waals surface area contributed by atoms with Gasteiger partial charge >= 0.3 is 5.69 Å². The van der Waals surface area contributed by atoms with Gasteiger partial charge in [0.05, 0.1) is 4.92 Å². The predicted octanol–water partition coefficient (Wildman–Crippen LogP) is 2.99. The summed E-state index contributed by atoms with van der Waals surface area (Å²) in [6.07, 6.45) is 6.89. The number of phenolic OH excluding ortho intramolecular Hbond substituents is 1. The molecule has 1 aromatic carbocycles. The summed E-state index contributed by atoms with van der Waals surface area (Å²) in [4.78, 5) is 13.1. The molecule has 22 heavy (non-hydrogen) atoms. The van der Waals surface area contributed by atoms with E-state index in [4.69, 9.17) is 0 Å². The minimum absolute atomic E-state index is 0.135. The Bertz CT molecular complexity index is 645. The van der Waals surface area contributed by atoms with Gasteiger partial charge in [0.25, 0.3) is 0 Å². The van der Waals surface area contributed by atoms with Gasteiger partial charge in [0, 0.05) is 17.5 Å². The first-order valence-corrected chi connectivity index (χ1v) is 8.24. The first-order chi connectivity index (χ1) is 10.5. The van der Waals surface area contributed by atoms with Crippen LogP contribution in [0.3, 0.4) is 0 Å². The Morgan fingerprint density at radius 2 is 2.18 bits per heavy atom. The molecule has 0 aromatic heterocycles. The molecule has 1 N–H and O–H groups in total. The van der Waals surface area contributed by atoms with E-state index in [-0.39, 0.29) is 16.9 Å². The molecular formula is C17H22N2O3. The molecule has 0 amide bonds. The van der Waals surface area contributed by atoms with Crippen molar-refractivity contribution in [1.82, 2.24) is 4.90 Å². The van der Waals surface area contributed by atoms with Crippen molar-refractivity contribution in [3.63, 3.8) is 0 Å². The summed E-state index contributed by atoms with van der Waals surface area (Å²) >= 11 is 0. The van der Waals surface area contributed by atoms with Crippen molar-refractivity contribution in [2.45, 2.75) is 50.0 Å². The van der Waals surface area contributed by atoms with Gasteiger partial charge in [-0.2, -0.15) is 0 Å². The van der Waals surface area contributed by atoms with Crippen LogP contribution in [0.1, 0.15) is 43.2 Å². The van der Waals surface area contributed by atoms with Gasteiger partial charge in [-0.05, 0) is 62.4 Å². The van der Waals surface area contributed by atoms with Crippen molar-refractivity contribution in [3.05, 3.63) is 33.4 Å². The fourth-order valence-electron chi connectivity index (χ4n) is 5.38. The second-order valence-electron chi connectivity index (χ2n) is 7.27. The van der Waals surface area contributed by atoms with Crippen molar-refractivity contribution in [2.75, 3.05) is 13.6 Å². The highest BCUT2D eigenvalue weighted by Crippen LogP contribution is 2.56. The van der Waals surface area contributed by atoms with Gasteiger partial charge in [0.15, 0.2) is 5.75 Å². The number of piperidine rings is 1. The largest absolute Gasteiger partial charge is 0.502 e. The van der Waals surface area contributed by atoms with Crippen molar-refractivity contribution in [3.8, 4) is 5.75 Å². The molecule has 118 valence electrons. The monoisotopic (exact) mass is 302 g/mol. The van der Waals surface area contributed by atoms with Crippen LogP contribution in [0.25, 0.3) is 0 Å². The van der Waals surface area contributed by atoms with Crippen LogP contribution in [0.15, 0.2) is 12.1 Å². The van der Waals surface area contributed by atoms with E-state index in [1.165, 1.54) is 24.8 Å². The number of hydrogen-bond donors (Lipinski definition) is 1. The van der Waals surface area contributed by atoms with E-state index in [2.05, 4.69) is 11.9 Å². The summed E-state index contributed by atoms with van der Waals surface area (Å²) in [5.41, 5.74) is 2.27. The quantitative estimate of drug-likeness (QED) is 0.639. The van der Waals surface area contributed by atoms with Crippen LogP contribution in [0.5, 0.6) is 5.75 Å². The number of likely N-dealkylation sites (tertiary alicyclic amines) is 1. The lowest BCUT2D eigenvalue weighted by molar-refractivity contribution is -0.386. The van der Waals surface area contributed by atoms with E-state index in [0.29, 0.717) is 12.0 Å². The molecule has 3 atom stereocenters. The number of fused-ring (bicyclic) bond motifs is 1. The number of nitrogens with zero attached hydrogens (tertiary/aromatic N) is 2. The van der Waals surface area contributed by atoms with Gasteiger partial charge in [0.1, 0.15) is 0 Å². The summed E-state index contributed by atoms with van der Waals surface area (Å²) in [5.74, 6) is 0.466. The SMILES string of the molecule is CN1CC[C@@]23CCCCC2[C@@H]1Cc1cc([N+](=O)[O-])c(O)cc13. The zero-order valence-corrected chi connectivity index (χ0v) is 12.9. The van der Waals surface area contributed by atoms with Crippen LogP contribution in [-0.4, -0.2) is 34.6 Å². The zero-order valence-electron chi connectivity index (χ0n) is 12.9. The zero-order chi connectivity index (χ0) is 15.5. The van der Waals surface area contributed by atoms with Gasteiger partial charge in [-0.3, -0.25) is 10.1 Å². The predicted molar refractivity (Wildman–Crippen MR) is 83.1 cm³/mol. The summed E-state index contributed by atoms with van der Waals surface area (Å²) < 4.78 is 0. The Labute approximate surface area is 130 Å². The summed E-state index contributed by atoms with van der Waals surface area (Å²) in [7, 11) is 2.18. The molecule has 2 aliphatic carbocycles. The van der Waals surface area contributed by atoms with Gasteiger partial charge < -0.3 is 10.0 Å². The number of hydrogen-bond acceptors (Lipinski definition) is 4. The molecule has 1 saturated carbocycles. The molecule has 1 unspecified atom stereocenters. The maximum Gasteiger partial charge on any atom is 0.310 e. The van der Waals surface area contributed by atoms with Crippen molar-refractivity contribution in [1.29, 1.82) is 0 Å². The van der Waals surface area contributed by atoms with Crippen LogP contribution in [0, 0.1) is 16.0 Å². The van der Waals surface area contributed by atoms with Gasteiger partial charge in [-0.25, -0.2) is 0 Å². The normalized spacial score (nSPS) is 33.9. The molecule has 4 rings (SSSR count). The fraction of sp³-hybridized carbons (Fsp3) is 0.647. The molecule has 1 aliphatic heterocycles. The standard InChI is InChI=1S/C17H22N2O3/c1-18-7-6-17-5-3-2-4-12(17)14(18)8-11-9-15(19(21)22)16(20)10-13(11)17/h9-10,12,14,20H,2-8H2,1H3/t12?,14-,17-/m0/s1. The van der Waals surface area contributed by atoms with Crippen LogP contribution < -0.4 is 0 Å². The van der Waals surface area contributed by atoms with Gasteiger partial charge in [-0.1, -0.05) is 12.8 Å². The Hall–Kier alpha value is -1.62. The lowest BCUT2D eigenvalue weighted by Gasteiger charge is -2.58. The van der Waals surface area contributed by atoms with Gasteiger partial charge in [0.2, 0.25) is 0 Å². The molecule has 1 heterocycles. The summed E-state index contributed by atoms with van der Waals surface area (Å²) in [5, 5.41) is 21.3. The minimum Gasteiger partial charge on any atom is -0.502 e. The number of likely N-dealkylation sites (N-methyl/N-ethyl adjacent to an activating group) is 1. The molecular weight excluding hydrogens is 280 g/mol. The van der Waals surface area contributed by atoms with E-state index in [1.807, 2.05) is 0 Å². The summed E-state index contributed by atoms with van der Waals surface area (Å²) in [6, 6.07) is 3.84. The van der Waals surface area contributed by atoms with Crippen LogP contribution >= 0.6 is 0 Å². The summed E-state index contributed by atoms with van der Waals surface area (Å²) in [6.45, 7) is 1.08. The van der Waals surface area contributed by atoms with E-state index in [1.54, 1.807) is 12.1 Å². The number of phenols is 1. The lowest BCUT2D eigenvalue weighted by Crippen LogP contribution is -2.59. The molecule has 5 nitrogen and oxygen atoms in total. The van der Waals surface area contributed by atoms with Crippen molar-refractivity contribution in [2.24, 2.45) is 5.92 Å². The molecule has 3 aliphatic rings. The second-order valence-corrected chi connectivity index (χ2v) is 7.27. The van der Waals surface area contributed by atoms with E-state index in [0.717, 1.165) is 31.4 Å². The number of nitro groups is 1. The van der Waals surface area contributed by atoms with Crippen molar-refractivity contribution < 1.29 is 10.0 Å². The topological polar surface area (TPSA) is 66.6 Å². The third kappa shape index (κ3) is 1.75. The van der Waals surface area contributed by atoms with Crippen molar-refractivity contribution >= 4 is 5.69 Å². The Balaban J connectivity index is 1.91. The molecule has 0 spiro atoms. The van der Waals surface area contributed by atoms with E-state index >= 15 is 0 Å². The molecule has 1 saturated heterocycles. The number of aromatic hydroxyl groups is 1. The number of rotatable bonds is 1. The number of nitro benzene ring substituents is 1. The van der Waals surface area contributed by atoms with E-state index < -0.39 is 4.92 Å². The number of benzene rings is 1. The Morgan fingerprint density at radius 1 is 1.36 bits per heavy atom.